The van der Waals surface area contributed by atoms with Crippen molar-refractivity contribution in [3.63, 3.8) is 0 Å². The highest BCUT2D eigenvalue weighted by Crippen LogP contribution is 2.42. The van der Waals surface area contributed by atoms with Gasteiger partial charge < -0.3 is 14.4 Å². The minimum absolute atomic E-state index is 0.0619. The fourth-order valence-electron chi connectivity index (χ4n) is 3.99. The lowest BCUT2D eigenvalue weighted by Gasteiger charge is -2.32. The molecule has 2 saturated heterocycles. The topological polar surface area (TPSA) is 93.2 Å². The number of hydrogen-bond acceptors (Lipinski definition) is 6. The maximum atomic E-state index is 12.7. The van der Waals surface area contributed by atoms with Crippen LogP contribution in [0.1, 0.15) is 44.9 Å². The van der Waals surface area contributed by atoms with Crippen LogP contribution in [-0.4, -0.2) is 72.9 Å². The average Bonchev–Trinajstić information content (AvgIpc) is 3.30. The second-order valence-electron chi connectivity index (χ2n) is 7.28. The number of carbonyl (C=O) groups is 4. The van der Waals surface area contributed by atoms with E-state index in [1.807, 2.05) is 0 Å². The first-order valence-corrected chi connectivity index (χ1v) is 9.38. The molecule has 0 N–H and O–H groups in total. The van der Waals surface area contributed by atoms with Crippen molar-refractivity contribution in [2.75, 3.05) is 39.5 Å². The fourth-order valence-corrected chi connectivity index (χ4v) is 3.99. The number of esters is 1. The van der Waals surface area contributed by atoms with Gasteiger partial charge in [-0.1, -0.05) is 12.8 Å². The predicted octanol–water partition coefficient (Wildman–Crippen LogP) is 0.488. The number of morpholine rings is 1. The third kappa shape index (κ3) is 4.06. The van der Waals surface area contributed by atoms with Gasteiger partial charge in [-0.25, -0.2) is 0 Å². The van der Waals surface area contributed by atoms with E-state index in [2.05, 4.69) is 0 Å². The minimum atomic E-state index is -0.843. The molecule has 2 heterocycles. The lowest BCUT2D eigenvalue weighted by atomic mass is 9.82. The van der Waals surface area contributed by atoms with Gasteiger partial charge in [0.25, 0.3) is 5.91 Å². The average molecular weight is 366 g/mol. The van der Waals surface area contributed by atoms with Gasteiger partial charge >= 0.3 is 5.97 Å². The minimum Gasteiger partial charge on any atom is -0.455 e. The summed E-state index contributed by atoms with van der Waals surface area (Å²) in [5.41, 5.74) is -0.843. The highest BCUT2D eigenvalue weighted by molar-refractivity contribution is 5.98. The van der Waals surface area contributed by atoms with Crippen molar-refractivity contribution in [3.05, 3.63) is 0 Å². The molecule has 144 valence electrons. The summed E-state index contributed by atoms with van der Waals surface area (Å²) < 4.78 is 10.5. The molecule has 0 unspecified atom stereocenters. The second-order valence-corrected chi connectivity index (χ2v) is 7.28. The summed E-state index contributed by atoms with van der Waals surface area (Å²) in [7, 11) is 0. The Morgan fingerprint density at radius 1 is 1.00 bits per heavy atom. The van der Waals surface area contributed by atoms with E-state index in [-0.39, 0.29) is 18.2 Å². The Balaban J connectivity index is 1.57. The summed E-state index contributed by atoms with van der Waals surface area (Å²) in [6.45, 7) is 2.07. The van der Waals surface area contributed by atoms with E-state index in [0.717, 1.165) is 17.7 Å². The molecule has 0 aromatic carbocycles. The number of likely N-dealkylation sites (tertiary alicyclic amines) is 1. The zero-order valence-corrected chi connectivity index (χ0v) is 15.0. The molecule has 0 aromatic rings. The summed E-state index contributed by atoms with van der Waals surface area (Å²) in [5, 5.41) is 0. The molecule has 2 aliphatic heterocycles. The molecule has 8 nitrogen and oxygen atoms in total. The van der Waals surface area contributed by atoms with Crippen molar-refractivity contribution < 1.29 is 28.7 Å². The Hall–Kier alpha value is -1.96. The molecule has 0 atom stereocenters. The third-order valence-corrected chi connectivity index (χ3v) is 5.55. The number of nitrogens with zero attached hydrogens (tertiary/aromatic N) is 2. The first-order valence-electron chi connectivity index (χ1n) is 9.38. The quantitative estimate of drug-likeness (QED) is 0.658. The molecule has 0 radical (unpaired) electrons. The van der Waals surface area contributed by atoms with Crippen LogP contribution in [0.15, 0.2) is 0 Å². The Kier molecular flexibility index (Phi) is 5.90. The monoisotopic (exact) mass is 366 g/mol. The molecular weight excluding hydrogens is 340 g/mol. The number of amides is 3. The van der Waals surface area contributed by atoms with Crippen LogP contribution in [0.2, 0.25) is 0 Å². The summed E-state index contributed by atoms with van der Waals surface area (Å²) in [6, 6.07) is 0. The Morgan fingerprint density at radius 3 is 2.31 bits per heavy atom. The van der Waals surface area contributed by atoms with Gasteiger partial charge in [-0.2, -0.15) is 0 Å². The summed E-state index contributed by atoms with van der Waals surface area (Å²) in [4.78, 5) is 51.9. The molecule has 0 aromatic heterocycles. The summed E-state index contributed by atoms with van der Waals surface area (Å²) in [6.07, 6.45) is 4.04. The van der Waals surface area contributed by atoms with Crippen LogP contribution in [-0.2, 0) is 28.7 Å². The largest absolute Gasteiger partial charge is 0.455 e. The predicted molar refractivity (Wildman–Crippen MR) is 89.8 cm³/mol. The molecule has 1 aliphatic carbocycles. The molecule has 0 spiro atoms. The van der Waals surface area contributed by atoms with Crippen LogP contribution in [0.3, 0.4) is 0 Å². The second kappa shape index (κ2) is 8.16. The maximum absolute atomic E-state index is 12.7. The van der Waals surface area contributed by atoms with Crippen molar-refractivity contribution in [1.29, 1.82) is 0 Å². The number of carbonyl (C=O) groups excluding carboxylic acids is 4. The van der Waals surface area contributed by atoms with Crippen LogP contribution in [0.5, 0.6) is 0 Å². The number of ether oxygens (including phenoxy) is 2. The molecule has 0 bridgehead atoms. The lowest BCUT2D eigenvalue weighted by molar-refractivity contribution is -0.164. The zero-order chi connectivity index (χ0) is 18.6. The molecule has 8 heteroatoms. The van der Waals surface area contributed by atoms with Crippen molar-refractivity contribution in [1.82, 2.24) is 9.80 Å². The van der Waals surface area contributed by atoms with Crippen LogP contribution in [0.4, 0.5) is 0 Å². The summed E-state index contributed by atoms with van der Waals surface area (Å²) in [5.74, 6) is -1.25. The van der Waals surface area contributed by atoms with Gasteiger partial charge in [0.05, 0.1) is 18.6 Å². The summed E-state index contributed by atoms with van der Waals surface area (Å²) >= 11 is 0. The normalized spacial score (nSPS) is 22.5. The van der Waals surface area contributed by atoms with E-state index in [4.69, 9.17) is 9.47 Å². The Morgan fingerprint density at radius 2 is 1.69 bits per heavy atom. The zero-order valence-electron chi connectivity index (χ0n) is 15.0. The van der Waals surface area contributed by atoms with Crippen molar-refractivity contribution >= 4 is 23.7 Å². The van der Waals surface area contributed by atoms with Gasteiger partial charge in [0.15, 0.2) is 6.61 Å². The maximum Gasteiger partial charge on any atom is 0.313 e. The lowest BCUT2D eigenvalue weighted by Crippen LogP contribution is -2.45. The smallest absolute Gasteiger partial charge is 0.313 e. The van der Waals surface area contributed by atoms with E-state index in [0.29, 0.717) is 58.5 Å². The first kappa shape index (κ1) is 18.8. The van der Waals surface area contributed by atoms with Crippen molar-refractivity contribution in [2.24, 2.45) is 5.41 Å². The van der Waals surface area contributed by atoms with Crippen LogP contribution in [0, 0.1) is 5.41 Å². The fraction of sp³-hybridized carbons (Fsp3) is 0.778. The highest BCUT2D eigenvalue weighted by atomic mass is 16.5. The molecule has 3 amide bonds. The molecular formula is C18H26N2O6. The first-order chi connectivity index (χ1) is 12.5. The van der Waals surface area contributed by atoms with Crippen molar-refractivity contribution in [2.45, 2.75) is 44.9 Å². The molecule has 26 heavy (non-hydrogen) atoms. The van der Waals surface area contributed by atoms with E-state index in [1.165, 1.54) is 0 Å². The van der Waals surface area contributed by atoms with E-state index in [9.17, 15) is 19.2 Å². The van der Waals surface area contributed by atoms with Gasteiger partial charge in [0.2, 0.25) is 11.8 Å². The number of rotatable bonds is 5. The van der Waals surface area contributed by atoms with Gasteiger partial charge in [-0.05, 0) is 19.3 Å². The third-order valence-electron chi connectivity index (χ3n) is 5.55. The Labute approximate surface area is 152 Å². The molecule has 3 rings (SSSR count). The number of imide groups is 1. The van der Waals surface area contributed by atoms with Gasteiger partial charge in [-0.15, -0.1) is 0 Å². The molecule has 3 fully saturated rings. The molecule has 1 saturated carbocycles. The SMILES string of the molecule is O=C(CC1(C(=O)OCC(=O)N2CCCC2=O)CCCC1)N1CCOCC1. The van der Waals surface area contributed by atoms with Gasteiger partial charge in [0, 0.05) is 32.5 Å². The Bertz CT molecular complexity index is 578. The van der Waals surface area contributed by atoms with Crippen LogP contribution < -0.4 is 0 Å². The van der Waals surface area contributed by atoms with E-state index >= 15 is 0 Å². The van der Waals surface area contributed by atoms with Crippen LogP contribution in [0.25, 0.3) is 0 Å². The molecule has 3 aliphatic rings. The van der Waals surface area contributed by atoms with Gasteiger partial charge in [-0.3, -0.25) is 24.1 Å². The van der Waals surface area contributed by atoms with Crippen molar-refractivity contribution in [3.8, 4) is 0 Å². The van der Waals surface area contributed by atoms with E-state index < -0.39 is 23.9 Å². The standard InChI is InChI=1S/C18H26N2O6/c21-14-4-3-7-20(14)16(23)13-26-17(24)18(5-1-2-6-18)12-15(22)19-8-10-25-11-9-19/h1-13H2. The van der Waals surface area contributed by atoms with Crippen LogP contribution >= 0.6 is 0 Å². The van der Waals surface area contributed by atoms with Gasteiger partial charge in [0.1, 0.15) is 0 Å². The highest BCUT2D eigenvalue weighted by Gasteiger charge is 2.45. The van der Waals surface area contributed by atoms with E-state index in [1.54, 1.807) is 4.90 Å². The number of hydrogen-bond donors (Lipinski definition) is 0.